The van der Waals surface area contributed by atoms with Gasteiger partial charge in [0.1, 0.15) is 10.9 Å². The van der Waals surface area contributed by atoms with Crippen LogP contribution in [0.25, 0.3) is 0 Å². The first-order chi connectivity index (χ1) is 8.42. The van der Waals surface area contributed by atoms with Crippen molar-refractivity contribution in [2.45, 2.75) is 23.8 Å². The van der Waals surface area contributed by atoms with Crippen molar-refractivity contribution in [3.63, 3.8) is 0 Å². The van der Waals surface area contributed by atoms with E-state index in [-0.39, 0.29) is 15.8 Å². The standard InChI is InChI=1S/C11H12ClNO4S/c12-8-3-1-2-4-9(8)18(16,17)13-10(11(14)15)7-5-6-7/h1-4,7,10,13H,5-6H2,(H,14,15). The van der Waals surface area contributed by atoms with E-state index in [4.69, 9.17) is 16.7 Å². The average molecular weight is 290 g/mol. The van der Waals surface area contributed by atoms with E-state index in [0.29, 0.717) is 0 Å². The van der Waals surface area contributed by atoms with E-state index < -0.39 is 22.0 Å². The van der Waals surface area contributed by atoms with Crippen LogP contribution in [-0.4, -0.2) is 25.5 Å². The molecule has 1 fully saturated rings. The zero-order chi connectivity index (χ0) is 13.3. The Labute approximate surface area is 110 Å². The van der Waals surface area contributed by atoms with Gasteiger partial charge < -0.3 is 5.11 Å². The maximum Gasteiger partial charge on any atom is 0.322 e. The molecular weight excluding hydrogens is 278 g/mol. The van der Waals surface area contributed by atoms with Gasteiger partial charge in [-0.2, -0.15) is 4.72 Å². The summed E-state index contributed by atoms with van der Waals surface area (Å²) >= 11 is 5.80. The first-order valence-electron chi connectivity index (χ1n) is 5.41. The van der Waals surface area contributed by atoms with Gasteiger partial charge in [0.15, 0.2) is 0 Å². The fraction of sp³-hybridized carbons (Fsp3) is 0.364. The van der Waals surface area contributed by atoms with E-state index in [1.54, 1.807) is 6.07 Å². The Morgan fingerprint density at radius 3 is 2.50 bits per heavy atom. The van der Waals surface area contributed by atoms with Gasteiger partial charge in [-0.15, -0.1) is 0 Å². The molecule has 98 valence electrons. The summed E-state index contributed by atoms with van der Waals surface area (Å²) in [5.41, 5.74) is 0. The Morgan fingerprint density at radius 1 is 1.39 bits per heavy atom. The molecule has 1 aliphatic rings. The Hall–Kier alpha value is -1.11. The van der Waals surface area contributed by atoms with Crippen molar-refractivity contribution >= 4 is 27.6 Å². The van der Waals surface area contributed by atoms with Crippen LogP contribution in [0.4, 0.5) is 0 Å². The summed E-state index contributed by atoms with van der Waals surface area (Å²) in [5.74, 6) is -1.28. The van der Waals surface area contributed by atoms with Crippen LogP contribution in [0.15, 0.2) is 29.2 Å². The largest absolute Gasteiger partial charge is 0.480 e. The molecule has 0 spiro atoms. The first-order valence-corrected chi connectivity index (χ1v) is 7.27. The van der Waals surface area contributed by atoms with Crippen molar-refractivity contribution < 1.29 is 18.3 Å². The minimum Gasteiger partial charge on any atom is -0.480 e. The molecule has 1 unspecified atom stereocenters. The van der Waals surface area contributed by atoms with Gasteiger partial charge >= 0.3 is 5.97 Å². The Bertz CT molecular complexity index is 568. The molecule has 0 aromatic heterocycles. The molecule has 1 aromatic rings. The highest BCUT2D eigenvalue weighted by atomic mass is 35.5. The van der Waals surface area contributed by atoms with Crippen molar-refractivity contribution in [2.75, 3.05) is 0 Å². The summed E-state index contributed by atoms with van der Waals surface area (Å²) in [6.45, 7) is 0. The predicted molar refractivity (Wildman–Crippen MR) is 65.9 cm³/mol. The quantitative estimate of drug-likeness (QED) is 0.860. The second kappa shape index (κ2) is 4.87. The molecule has 1 aromatic carbocycles. The van der Waals surface area contributed by atoms with Crippen molar-refractivity contribution in [1.29, 1.82) is 0 Å². The monoisotopic (exact) mass is 289 g/mol. The van der Waals surface area contributed by atoms with Crippen LogP contribution >= 0.6 is 11.6 Å². The highest BCUT2D eigenvalue weighted by Gasteiger charge is 2.39. The summed E-state index contributed by atoms with van der Waals surface area (Å²) in [6, 6.07) is 4.86. The third-order valence-electron chi connectivity index (χ3n) is 2.77. The molecule has 0 heterocycles. The molecule has 0 aliphatic heterocycles. The van der Waals surface area contributed by atoms with Gasteiger partial charge in [0.05, 0.1) is 5.02 Å². The molecule has 0 bridgehead atoms. The fourth-order valence-electron chi connectivity index (χ4n) is 1.67. The van der Waals surface area contributed by atoms with Crippen molar-refractivity contribution in [2.24, 2.45) is 5.92 Å². The maximum atomic E-state index is 12.0. The zero-order valence-corrected chi connectivity index (χ0v) is 10.9. The van der Waals surface area contributed by atoms with Gasteiger partial charge in [0, 0.05) is 0 Å². The van der Waals surface area contributed by atoms with Gasteiger partial charge in [-0.3, -0.25) is 4.79 Å². The smallest absolute Gasteiger partial charge is 0.322 e. The number of carboxylic acid groups (broad SMARTS) is 1. The van der Waals surface area contributed by atoms with Gasteiger partial charge in [-0.25, -0.2) is 8.42 Å². The molecule has 0 radical (unpaired) electrons. The Balaban J connectivity index is 2.26. The van der Waals surface area contributed by atoms with Crippen molar-refractivity contribution in [3.05, 3.63) is 29.3 Å². The lowest BCUT2D eigenvalue weighted by molar-refractivity contribution is -0.139. The number of aliphatic carboxylic acids is 1. The molecule has 1 aliphatic carbocycles. The third-order valence-corrected chi connectivity index (χ3v) is 4.71. The SMILES string of the molecule is O=C(O)C(NS(=O)(=O)c1ccccc1Cl)C1CC1. The molecule has 0 amide bonds. The third kappa shape index (κ3) is 2.82. The molecule has 2 rings (SSSR count). The Morgan fingerprint density at radius 2 is 2.00 bits per heavy atom. The number of halogens is 1. The molecule has 1 atom stereocenters. The van der Waals surface area contributed by atoms with Crippen molar-refractivity contribution in [1.82, 2.24) is 4.72 Å². The summed E-state index contributed by atoms with van der Waals surface area (Å²) in [5, 5.41) is 9.08. The van der Waals surface area contributed by atoms with Crippen molar-refractivity contribution in [3.8, 4) is 0 Å². The average Bonchev–Trinajstić information content (AvgIpc) is 3.10. The fourth-order valence-corrected chi connectivity index (χ4v) is 3.45. The van der Waals surface area contributed by atoms with Gasteiger partial charge in [0.2, 0.25) is 10.0 Å². The molecule has 7 heteroatoms. The maximum absolute atomic E-state index is 12.0. The lowest BCUT2D eigenvalue weighted by Crippen LogP contribution is -2.42. The summed E-state index contributed by atoms with van der Waals surface area (Å²) in [4.78, 5) is 10.9. The summed E-state index contributed by atoms with van der Waals surface area (Å²) < 4.78 is 26.3. The summed E-state index contributed by atoms with van der Waals surface area (Å²) in [6.07, 6.45) is 1.45. The number of hydrogen-bond acceptors (Lipinski definition) is 3. The van der Waals surface area contributed by atoms with E-state index in [1.807, 2.05) is 0 Å². The number of carboxylic acids is 1. The molecular formula is C11H12ClNO4S. The lowest BCUT2D eigenvalue weighted by Gasteiger charge is -2.14. The van der Waals surface area contributed by atoms with Crippen LogP contribution < -0.4 is 4.72 Å². The van der Waals surface area contributed by atoms with Crippen LogP contribution in [0.5, 0.6) is 0 Å². The van der Waals surface area contributed by atoms with E-state index in [9.17, 15) is 13.2 Å². The van der Waals surface area contributed by atoms with Crippen LogP contribution in [0.3, 0.4) is 0 Å². The minimum atomic E-state index is -3.90. The van der Waals surface area contributed by atoms with Gasteiger partial charge in [-0.1, -0.05) is 23.7 Å². The Kier molecular flexibility index (Phi) is 3.61. The van der Waals surface area contributed by atoms with E-state index in [0.717, 1.165) is 12.8 Å². The van der Waals surface area contributed by atoms with Gasteiger partial charge in [0.25, 0.3) is 0 Å². The molecule has 1 saturated carbocycles. The minimum absolute atomic E-state index is 0.0740. The number of carbonyl (C=O) groups is 1. The number of sulfonamides is 1. The second-order valence-electron chi connectivity index (χ2n) is 4.21. The first kappa shape index (κ1) is 13.3. The molecule has 5 nitrogen and oxygen atoms in total. The van der Waals surface area contributed by atoms with E-state index in [2.05, 4.69) is 4.72 Å². The second-order valence-corrected chi connectivity index (χ2v) is 6.29. The highest BCUT2D eigenvalue weighted by Crippen LogP contribution is 2.33. The van der Waals surface area contributed by atoms with Crippen LogP contribution in [-0.2, 0) is 14.8 Å². The topological polar surface area (TPSA) is 83.5 Å². The number of hydrogen-bond donors (Lipinski definition) is 2. The van der Waals surface area contributed by atoms with Crippen LogP contribution in [0, 0.1) is 5.92 Å². The predicted octanol–water partition coefficient (Wildman–Crippen LogP) is 1.48. The lowest BCUT2D eigenvalue weighted by atomic mass is 10.2. The zero-order valence-electron chi connectivity index (χ0n) is 9.34. The van der Waals surface area contributed by atoms with Gasteiger partial charge in [-0.05, 0) is 30.9 Å². The number of benzene rings is 1. The van der Waals surface area contributed by atoms with E-state index in [1.165, 1.54) is 18.2 Å². The number of rotatable bonds is 5. The van der Waals surface area contributed by atoms with E-state index >= 15 is 0 Å². The summed E-state index contributed by atoms with van der Waals surface area (Å²) in [7, 11) is -3.90. The van der Waals surface area contributed by atoms with Crippen LogP contribution in [0.2, 0.25) is 5.02 Å². The molecule has 0 saturated heterocycles. The normalized spacial score (nSPS) is 17.4. The van der Waals surface area contributed by atoms with Crippen LogP contribution in [0.1, 0.15) is 12.8 Å². The molecule has 2 N–H and O–H groups in total. The molecule has 18 heavy (non-hydrogen) atoms. The highest BCUT2D eigenvalue weighted by molar-refractivity contribution is 7.89. The number of nitrogens with one attached hydrogen (secondary N) is 1.